The van der Waals surface area contributed by atoms with E-state index in [4.69, 9.17) is 9.26 Å². The summed E-state index contributed by atoms with van der Waals surface area (Å²) in [4.78, 5) is 38.5. The molecule has 0 saturated carbocycles. The molecule has 16 heteroatoms. The van der Waals surface area contributed by atoms with Crippen molar-refractivity contribution in [1.29, 1.82) is 0 Å². The van der Waals surface area contributed by atoms with E-state index in [1.165, 1.54) is 6.92 Å². The predicted molar refractivity (Wildman–Crippen MR) is 147 cm³/mol. The second-order valence-electron chi connectivity index (χ2n) is 9.58. The molecule has 1 unspecified atom stereocenters. The van der Waals surface area contributed by atoms with Crippen LogP contribution in [-0.2, 0) is 29.8 Å². The first-order chi connectivity index (χ1) is 17.3. The largest absolute Gasteiger partial charge is 0.480 e. The Morgan fingerprint density at radius 3 is 2.38 bits per heavy atom. The predicted octanol–water partition coefficient (Wildman–Crippen LogP) is -0.0410. The molecule has 2 aromatic rings. The smallest absolute Gasteiger partial charge is 0.406 e. The number of hydrogen-bond donors (Lipinski definition) is 8. The van der Waals surface area contributed by atoms with Gasteiger partial charge in [0.2, 0.25) is 5.91 Å². The number of ether oxygens (including phenoxy) is 1. The number of rotatable bonds is 11. The fraction of sp³-hybridized carbons (Fsp3) is 0.565. The molecule has 8 atom stereocenters. The van der Waals surface area contributed by atoms with E-state index >= 15 is 0 Å². The molecule has 1 saturated heterocycles. The number of carbonyl (C=O) groups is 2. The summed E-state index contributed by atoms with van der Waals surface area (Å²) in [5.41, 5.74) is 1.48. The summed E-state index contributed by atoms with van der Waals surface area (Å²) >= 11 is 0. The minimum Gasteiger partial charge on any atom is -0.480 e. The monoisotopic (exact) mass is 593 g/mol. The molecule has 1 aromatic carbocycles. The van der Waals surface area contributed by atoms with Crippen LogP contribution in [0.5, 0.6) is 0 Å². The summed E-state index contributed by atoms with van der Waals surface area (Å²) in [5, 5.41) is 45.0. The van der Waals surface area contributed by atoms with Gasteiger partial charge in [-0.15, -0.1) is 0 Å². The van der Waals surface area contributed by atoms with Gasteiger partial charge in [0.1, 0.15) is 24.4 Å². The van der Waals surface area contributed by atoms with E-state index in [1.807, 2.05) is 24.3 Å². The number of aliphatic hydroxyl groups is 3. The summed E-state index contributed by atoms with van der Waals surface area (Å²) in [6.07, 6.45) is -6.08. The first kappa shape index (κ1) is 36.7. The number of aromatic nitrogens is 1. The number of carboxylic acid groups (broad SMARTS) is 1. The van der Waals surface area contributed by atoms with Gasteiger partial charge in [-0.05, 0) is 30.9 Å². The zero-order chi connectivity index (χ0) is 27.5. The van der Waals surface area contributed by atoms with Crippen molar-refractivity contribution in [2.24, 2.45) is 5.92 Å². The van der Waals surface area contributed by atoms with Crippen LogP contribution in [0.3, 0.4) is 0 Å². The topological polar surface area (TPSA) is 211 Å². The number of amides is 1. The van der Waals surface area contributed by atoms with Gasteiger partial charge in [-0.2, -0.15) is 0 Å². The number of benzene rings is 1. The third kappa shape index (κ3) is 9.86. The number of para-hydroxylation sites is 1. The van der Waals surface area contributed by atoms with Crippen LogP contribution in [0.1, 0.15) is 35.6 Å². The molecule has 1 fully saturated rings. The summed E-state index contributed by atoms with van der Waals surface area (Å²) in [7, 11) is -4.83. The minimum atomic E-state index is -4.83. The van der Waals surface area contributed by atoms with E-state index in [1.54, 1.807) is 20.0 Å². The van der Waals surface area contributed by atoms with Gasteiger partial charge in [0.15, 0.2) is 6.29 Å². The standard InChI is InChI=1S/C23H34N3O10P.2Na.2H2/c1-11(2)8-16(26-37(33,34)36-23-20(29)19(28)18(27)12(3)35-23)21(30)25-17(22(31)32)9-13-10-24-15-7-5-4-6-14(13)15;;;;/h4-7,10-12,16-20,23-24,27-29H,8-9H2,1-3H3,(H,25,30)(H,31,32)(H2,26,33,34);;;2*1H/t12-,16-,17-,18-,19+,20+,23-;;;;/m0..../s1. The number of H-pyrrole nitrogens is 1. The molecular formula is C23H38N3Na2O10P. The summed E-state index contributed by atoms with van der Waals surface area (Å²) in [6.45, 7) is 4.90. The molecular weight excluding hydrogens is 555 g/mol. The number of hydrogen-bond acceptors (Lipinski definition) is 8. The molecule has 39 heavy (non-hydrogen) atoms. The Morgan fingerprint density at radius 2 is 1.77 bits per heavy atom. The van der Waals surface area contributed by atoms with Crippen LogP contribution in [0.25, 0.3) is 10.9 Å². The molecule has 2 radical (unpaired) electrons. The van der Waals surface area contributed by atoms with Gasteiger partial charge in [0.25, 0.3) is 0 Å². The SMILES string of the molecule is CC(C)C[C@H](NP(=O)(O)O[C@@H]1O[C@@H](C)[C@H](O)[C@@H](O)[C@H]1O)C(=O)N[C@@H](Cc1c[nH]c2ccccc12)C(=O)O.[HH].[HH].[Na].[Na]. The van der Waals surface area contributed by atoms with Crippen molar-refractivity contribution in [3.63, 3.8) is 0 Å². The van der Waals surface area contributed by atoms with E-state index in [9.17, 15) is 39.5 Å². The van der Waals surface area contributed by atoms with Crippen molar-refractivity contribution in [1.82, 2.24) is 15.4 Å². The van der Waals surface area contributed by atoms with Crippen molar-refractivity contribution in [3.8, 4) is 0 Å². The molecule has 3 rings (SSSR count). The van der Waals surface area contributed by atoms with Crippen molar-refractivity contribution in [3.05, 3.63) is 36.0 Å². The Labute approximate surface area is 273 Å². The van der Waals surface area contributed by atoms with Gasteiger partial charge in [0.05, 0.1) is 12.1 Å². The van der Waals surface area contributed by atoms with Crippen molar-refractivity contribution in [2.45, 2.75) is 76.4 Å². The molecule has 8 N–H and O–H groups in total. The quantitative estimate of drug-likeness (QED) is 0.128. The fourth-order valence-electron chi connectivity index (χ4n) is 4.15. The van der Waals surface area contributed by atoms with Gasteiger partial charge in [0, 0.05) is 85.5 Å². The normalized spacial score (nSPS) is 26.1. The van der Waals surface area contributed by atoms with Crippen LogP contribution < -0.4 is 10.4 Å². The average Bonchev–Trinajstić information content (AvgIpc) is 3.22. The molecule has 1 aromatic heterocycles. The Morgan fingerprint density at radius 1 is 1.13 bits per heavy atom. The summed E-state index contributed by atoms with van der Waals surface area (Å²) in [5.74, 6) is -2.27. The zero-order valence-electron chi connectivity index (χ0n) is 22.6. The number of aliphatic hydroxyl groups excluding tert-OH is 3. The molecule has 1 aliphatic rings. The van der Waals surface area contributed by atoms with Gasteiger partial charge < -0.3 is 40.4 Å². The van der Waals surface area contributed by atoms with Crippen LogP contribution in [0.2, 0.25) is 0 Å². The van der Waals surface area contributed by atoms with Crippen molar-refractivity contribution < 1.29 is 51.6 Å². The van der Waals surface area contributed by atoms with E-state index in [-0.39, 0.29) is 80.7 Å². The van der Waals surface area contributed by atoms with Gasteiger partial charge in [-0.25, -0.2) is 14.4 Å². The number of aliphatic carboxylic acids is 1. The van der Waals surface area contributed by atoms with Crippen LogP contribution in [0, 0.1) is 5.92 Å². The number of aromatic amines is 1. The third-order valence-electron chi connectivity index (χ3n) is 6.11. The number of nitrogens with one attached hydrogen (secondary N) is 3. The molecule has 2 heterocycles. The maximum atomic E-state index is 13.1. The van der Waals surface area contributed by atoms with E-state index in [0.29, 0.717) is 5.56 Å². The summed E-state index contributed by atoms with van der Waals surface area (Å²) < 4.78 is 23.0. The van der Waals surface area contributed by atoms with E-state index < -0.39 is 62.4 Å². The van der Waals surface area contributed by atoms with Gasteiger partial charge >= 0.3 is 13.7 Å². The molecule has 0 spiro atoms. The van der Waals surface area contributed by atoms with Crippen molar-refractivity contribution in [2.75, 3.05) is 0 Å². The molecule has 1 aliphatic heterocycles. The van der Waals surface area contributed by atoms with Crippen LogP contribution in [0.4, 0.5) is 0 Å². The fourth-order valence-corrected chi connectivity index (χ4v) is 5.28. The Hall–Kier alpha value is -0.350. The van der Waals surface area contributed by atoms with Crippen LogP contribution in [0.15, 0.2) is 30.5 Å². The first-order valence-electron chi connectivity index (χ1n) is 11.9. The second-order valence-corrected chi connectivity index (χ2v) is 11.1. The third-order valence-corrected chi connectivity index (χ3v) is 7.24. The Balaban J connectivity index is 0. The zero-order valence-corrected chi connectivity index (χ0v) is 27.5. The van der Waals surface area contributed by atoms with E-state index in [0.717, 1.165) is 10.9 Å². The van der Waals surface area contributed by atoms with E-state index in [2.05, 4.69) is 15.4 Å². The Bertz CT molecular complexity index is 1160. The molecule has 0 aliphatic carbocycles. The molecule has 0 bridgehead atoms. The molecule has 13 nitrogen and oxygen atoms in total. The van der Waals surface area contributed by atoms with Crippen LogP contribution >= 0.6 is 7.75 Å². The van der Waals surface area contributed by atoms with Gasteiger partial charge in [-0.1, -0.05) is 32.0 Å². The number of carboxylic acids is 1. The second kappa shape index (κ2) is 15.8. The average molecular weight is 594 g/mol. The number of carbonyl (C=O) groups excluding carboxylic acids is 1. The van der Waals surface area contributed by atoms with Crippen molar-refractivity contribution >= 4 is 89.6 Å². The Kier molecular flexibility index (Phi) is 14.8. The van der Waals surface area contributed by atoms with Gasteiger partial charge in [-0.3, -0.25) is 9.32 Å². The molecule has 1 amide bonds. The maximum Gasteiger partial charge on any atom is 0.406 e. The summed E-state index contributed by atoms with van der Waals surface area (Å²) in [6, 6.07) is 4.63. The first-order valence-corrected chi connectivity index (χ1v) is 13.4. The number of fused-ring (bicyclic) bond motifs is 1. The molecule has 212 valence electrons. The van der Waals surface area contributed by atoms with Crippen LogP contribution in [-0.4, -0.2) is 144 Å². The minimum absolute atomic E-state index is 0. The maximum absolute atomic E-state index is 13.1.